The number of aryl methyl sites for hydroxylation is 3. The first-order valence-electron chi connectivity index (χ1n) is 7.38. The molecule has 2 N–H and O–H groups in total. The summed E-state index contributed by atoms with van der Waals surface area (Å²) in [7, 11) is 0. The molecule has 0 aliphatic carbocycles. The van der Waals surface area contributed by atoms with Crippen LogP contribution in [0.1, 0.15) is 43.0 Å². The molecule has 0 aromatic heterocycles. The average molecular weight is 262 g/mol. The Bertz CT molecular complexity index is 385. The Kier molecular flexibility index (Phi) is 6.02. The summed E-state index contributed by atoms with van der Waals surface area (Å²) in [5.74, 6) is 0. The maximum atomic E-state index is 3.57. The number of nitrogens with one attached hydrogen (secondary N) is 2. The van der Waals surface area contributed by atoms with E-state index in [1.54, 1.807) is 0 Å². The van der Waals surface area contributed by atoms with E-state index < -0.39 is 0 Å². The molecule has 0 unspecified atom stereocenters. The largest absolute Gasteiger partial charge is 0.316 e. The Morgan fingerprint density at radius 1 is 0.947 bits per heavy atom. The van der Waals surface area contributed by atoms with Gasteiger partial charge in [0, 0.05) is 25.0 Å². The van der Waals surface area contributed by atoms with Crippen molar-refractivity contribution in [3.05, 3.63) is 34.4 Å². The quantitative estimate of drug-likeness (QED) is 0.738. The Balaban J connectivity index is 2.71. The van der Waals surface area contributed by atoms with Crippen molar-refractivity contribution in [2.24, 2.45) is 0 Å². The van der Waals surface area contributed by atoms with Gasteiger partial charge in [-0.3, -0.25) is 0 Å². The molecule has 0 amide bonds. The maximum absolute atomic E-state index is 3.57. The van der Waals surface area contributed by atoms with Gasteiger partial charge in [0.2, 0.25) is 0 Å². The van der Waals surface area contributed by atoms with Crippen molar-refractivity contribution in [2.45, 2.75) is 47.0 Å². The lowest BCUT2D eigenvalue weighted by atomic mass is 9.79. The van der Waals surface area contributed by atoms with Crippen LogP contribution in [-0.2, 0) is 5.41 Å². The molecule has 0 radical (unpaired) electrons. The number of hydrogen-bond acceptors (Lipinski definition) is 2. The molecule has 19 heavy (non-hydrogen) atoms. The molecule has 2 nitrogen and oxygen atoms in total. The van der Waals surface area contributed by atoms with E-state index in [4.69, 9.17) is 0 Å². The lowest BCUT2D eigenvalue weighted by molar-refractivity contribution is 0.462. The maximum Gasteiger partial charge on any atom is 0.00770 e. The molecular weight excluding hydrogens is 232 g/mol. The van der Waals surface area contributed by atoms with Crippen LogP contribution in [0.4, 0.5) is 0 Å². The van der Waals surface area contributed by atoms with Crippen molar-refractivity contribution in [1.29, 1.82) is 0 Å². The summed E-state index contributed by atoms with van der Waals surface area (Å²) in [4.78, 5) is 0. The molecule has 1 aromatic carbocycles. The van der Waals surface area contributed by atoms with Gasteiger partial charge in [-0.25, -0.2) is 0 Å². The predicted octanol–water partition coefficient (Wildman–Crippen LogP) is 3.09. The zero-order valence-corrected chi connectivity index (χ0v) is 13.5. The van der Waals surface area contributed by atoms with Gasteiger partial charge in [0.1, 0.15) is 0 Å². The van der Waals surface area contributed by atoms with E-state index >= 15 is 0 Å². The third kappa shape index (κ3) is 4.63. The second kappa shape index (κ2) is 7.06. The summed E-state index contributed by atoms with van der Waals surface area (Å²) >= 11 is 0. The summed E-state index contributed by atoms with van der Waals surface area (Å²) in [6.45, 7) is 17.6. The highest BCUT2D eigenvalue weighted by molar-refractivity contribution is 5.42. The van der Waals surface area contributed by atoms with Gasteiger partial charge in [-0.15, -0.1) is 0 Å². The van der Waals surface area contributed by atoms with Gasteiger partial charge in [-0.05, 0) is 44.0 Å². The highest BCUT2D eigenvalue weighted by atomic mass is 14.9. The molecule has 0 saturated carbocycles. The van der Waals surface area contributed by atoms with Crippen LogP contribution in [0, 0.1) is 20.8 Å². The first-order valence-corrected chi connectivity index (χ1v) is 7.38. The minimum atomic E-state index is 0.175. The van der Waals surface area contributed by atoms with Crippen molar-refractivity contribution in [2.75, 3.05) is 26.2 Å². The fraction of sp³-hybridized carbons (Fsp3) is 0.647. The van der Waals surface area contributed by atoms with E-state index in [-0.39, 0.29) is 5.41 Å². The van der Waals surface area contributed by atoms with Crippen molar-refractivity contribution in [1.82, 2.24) is 10.6 Å². The molecule has 1 rings (SSSR count). The molecule has 1 aromatic rings. The van der Waals surface area contributed by atoms with Gasteiger partial charge in [0.25, 0.3) is 0 Å². The Morgan fingerprint density at radius 3 is 2.00 bits per heavy atom. The third-order valence-electron chi connectivity index (χ3n) is 3.65. The van der Waals surface area contributed by atoms with Gasteiger partial charge < -0.3 is 10.6 Å². The summed E-state index contributed by atoms with van der Waals surface area (Å²) in [5, 5.41) is 6.91. The van der Waals surface area contributed by atoms with Crippen LogP contribution < -0.4 is 10.6 Å². The van der Waals surface area contributed by atoms with E-state index in [0.29, 0.717) is 0 Å². The fourth-order valence-electron chi connectivity index (χ4n) is 3.09. The molecule has 108 valence electrons. The first-order chi connectivity index (χ1) is 8.88. The number of rotatable bonds is 7. The minimum Gasteiger partial charge on any atom is -0.316 e. The topological polar surface area (TPSA) is 24.1 Å². The zero-order chi connectivity index (χ0) is 14.5. The van der Waals surface area contributed by atoms with Crippen molar-refractivity contribution in [3.63, 3.8) is 0 Å². The number of likely N-dealkylation sites (N-methyl/N-ethyl adjacent to an activating group) is 1. The van der Waals surface area contributed by atoms with Crippen LogP contribution in [-0.4, -0.2) is 26.2 Å². The highest BCUT2D eigenvalue weighted by Crippen LogP contribution is 2.29. The van der Waals surface area contributed by atoms with Crippen molar-refractivity contribution < 1.29 is 0 Å². The fourth-order valence-corrected chi connectivity index (χ4v) is 3.09. The van der Waals surface area contributed by atoms with Crippen LogP contribution in [0.5, 0.6) is 0 Å². The molecule has 0 heterocycles. The van der Waals surface area contributed by atoms with Gasteiger partial charge in [-0.2, -0.15) is 0 Å². The SMILES string of the molecule is CCNCCNCC(C)(C)c1c(C)cc(C)cc1C. The van der Waals surface area contributed by atoms with E-state index in [0.717, 1.165) is 26.2 Å². The van der Waals surface area contributed by atoms with E-state index in [1.807, 2.05) is 0 Å². The molecule has 0 spiro atoms. The lowest BCUT2D eigenvalue weighted by Crippen LogP contribution is -2.37. The van der Waals surface area contributed by atoms with Crippen molar-refractivity contribution in [3.8, 4) is 0 Å². The predicted molar refractivity (Wildman–Crippen MR) is 85.1 cm³/mol. The normalized spacial score (nSPS) is 11.9. The second-order valence-corrected chi connectivity index (χ2v) is 6.19. The van der Waals surface area contributed by atoms with Crippen LogP contribution in [0.25, 0.3) is 0 Å². The summed E-state index contributed by atoms with van der Waals surface area (Å²) in [6.07, 6.45) is 0. The van der Waals surface area contributed by atoms with Gasteiger partial charge in [0.05, 0.1) is 0 Å². The summed E-state index contributed by atoms with van der Waals surface area (Å²) in [5.41, 5.74) is 5.85. The van der Waals surface area contributed by atoms with Gasteiger partial charge >= 0.3 is 0 Å². The van der Waals surface area contributed by atoms with Gasteiger partial charge in [0.15, 0.2) is 0 Å². The highest BCUT2D eigenvalue weighted by Gasteiger charge is 2.24. The molecule has 0 atom stereocenters. The molecule has 0 aliphatic heterocycles. The average Bonchev–Trinajstić information content (AvgIpc) is 2.26. The molecular formula is C17H30N2. The Labute approximate surface area is 119 Å². The second-order valence-electron chi connectivity index (χ2n) is 6.19. The van der Waals surface area contributed by atoms with Gasteiger partial charge in [-0.1, -0.05) is 38.5 Å². The minimum absolute atomic E-state index is 0.175. The number of hydrogen-bond donors (Lipinski definition) is 2. The standard InChI is InChI=1S/C17H30N2/c1-7-18-8-9-19-12-17(5,6)16-14(3)10-13(2)11-15(16)4/h10-11,18-19H,7-9,12H2,1-6H3. The summed E-state index contributed by atoms with van der Waals surface area (Å²) < 4.78 is 0. The van der Waals surface area contributed by atoms with Crippen LogP contribution in [0.3, 0.4) is 0 Å². The first kappa shape index (κ1) is 16.2. The smallest absolute Gasteiger partial charge is 0.00770 e. The molecule has 0 fully saturated rings. The van der Waals surface area contributed by atoms with Crippen molar-refractivity contribution >= 4 is 0 Å². The molecule has 2 heteroatoms. The van der Waals surface area contributed by atoms with Crippen LogP contribution in [0.15, 0.2) is 12.1 Å². The van der Waals surface area contributed by atoms with Crippen LogP contribution >= 0.6 is 0 Å². The van der Waals surface area contributed by atoms with E-state index in [9.17, 15) is 0 Å². The van der Waals surface area contributed by atoms with E-state index in [2.05, 4.69) is 64.3 Å². The summed E-state index contributed by atoms with van der Waals surface area (Å²) in [6, 6.07) is 4.59. The number of benzene rings is 1. The molecule has 0 bridgehead atoms. The molecule has 0 aliphatic rings. The Hall–Kier alpha value is -0.860. The monoisotopic (exact) mass is 262 g/mol. The van der Waals surface area contributed by atoms with E-state index in [1.165, 1.54) is 22.3 Å². The lowest BCUT2D eigenvalue weighted by Gasteiger charge is -2.30. The zero-order valence-electron chi connectivity index (χ0n) is 13.5. The molecule has 0 saturated heterocycles. The Morgan fingerprint density at radius 2 is 1.47 bits per heavy atom. The third-order valence-corrected chi connectivity index (χ3v) is 3.65. The van der Waals surface area contributed by atoms with Crippen LogP contribution in [0.2, 0.25) is 0 Å².